The summed E-state index contributed by atoms with van der Waals surface area (Å²) in [5.74, 6) is 0.587. The minimum Gasteiger partial charge on any atom is -0.353 e. The van der Waals surface area contributed by atoms with Crippen LogP contribution < -0.4 is 5.32 Å². The molecule has 1 N–H and O–H groups in total. The van der Waals surface area contributed by atoms with Crippen LogP contribution in [0.5, 0.6) is 0 Å². The molecule has 1 rings (SSSR count). The van der Waals surface area contributed by atoms with Gasteiger partial charge in [0.1, 0.15) is 5.78 Å². The van der Waals surface area contributed by atoms with Gasteiger partial charge >= 0.3 is 0 Å². The summed E-state index contributed by atoms with van der Waals surface area (Å²) in [6.07, 6.45) is 0. The van der Waals surface area contributed by atoms with E-state index in [9.17, 15) is 9.59 Å². The van der Waals surface area contributed by atoms with Gasteiger partial charge in [0.05, 0.1) is 13.1 Å². The predicted octanol–water partition coefficient (Wildman–Crippen LogP) is 0.0318. The van der Waals surface area contributed by atoms with Crippen LogP contribution in [0.25, 0.3) is 0 Å². The van der Waals surface area contributed by atoms with Crippen LogP contribution in [0.15, 0.2) is 0 Å². The van der Waals surface area contributed by atoms with Gasteiger partial charge in [-0.25, -0.2) is 0 Å². The molecule has 1 aliphatic rings. The number of ketones is 1. The molecule has 1 amide bonds. The van der Waals surface area contributed by atoms with Gasteiger partial charge in [0, 0.05) is 12.6 Å². The average Bonchev–Trinajstić information content (AvgIpc) is 2.01. The summed E-state index contributed by atoms with van der Waals surface area (Å²) < 4.78 is 0. The predicted molar refractivity (Wildman–Crippen MR) is 53.9 cm³/mol. The van der Waals surface area contributed by atoms with Crippen molar-refractivity contribution >= 4 is 11.7 Å². The minimum atomic E-state index is 0.0168. The number of amides is 1. The van der Waals surface area contributed by atoms with Crippen LogP contribution in [-0.2, 0) is 9.59 Å². The number of nitrogens with one attached hydrogen (secondary N) is 1. The smallest absolute Gasteiger partial charge is 0.234 e. The highest BCUT2D eigenvalue weighted by molar-refractivity contribution is 5.81. The molecule has 0 bridgehead atoms. The third kappa shape index (κ3) is 2.80. The normalized spacial score (nSPS) is 23.7. The van der Waals surface area contributed by atoms with E-state index in [0.717, 1.165) is 0 Å². The third-order valence-electron chi connectivity index (χ3n) is 2.52. The molecule has 1 fully saturated rings. The number of rotatable bonds is 3. The lowest BCUT2D eigenvalue weighted by atomic mass is 10.0. The van der Waals surface area contributed by atoms with E-state index in [-0.39, 0.29) is 17.7 Å². The van der Waals surface area contributed by atoms with E-state index in [4.69, 9.17) is 0 Å². The maximum Gasteiger partial charge on any atom is 0.234 e. The topological polar surface area (TPSA) is 49.4 Å². The standard InChI is InChI=1S/C10H18N2O2/c1-7(2)9-4-11-10(14)6-12(9)5-8(3)13/h7,9H,4-6H2,1-3H3,(H,11,14). The highest BCUT2D eigenvalue weighted by Gasteiger charge is 2.28. The summed E-state index contributed by atoms with van der Waals surface area (Å²) in [6, 6.07) is 0.289. The number of carbonyl (C=O) groups is 2. The lowest BCUT2D eigenvalue weighted by Crippen LogP contribution is -2.57. The van der Waals surface area contributed by atoms with Gasteiger partial charge in [0.2, 0.25) is 5.91 Å². The fraction of sp³-hybridized carbons (Fsp3) is 0.800. The van der Waals surface area contributed by atoms with Crippen LogP contribution in [0.2, 0.25) is 0 Å². The molecule has 0 aromatic rings. The molecule has 0 saturated carbocycles. The number of piperazine rings is 1. The largest absolute Gasteiger partial charge is 0.353 e. The van der Waals surface area contributed by atoms with Crippen molar-refractivity contribution in [3.63, 3.8) is 0 Å². The number of carbonyl (C=O) groups excluding carboxylic acids is 2. The Balaban J connectivity index is 2.63. The first kappa shape index (κ1) is 11.2. The molecular formula is C10H18N2O2. The lowest BCUT2D eigenvalue weighted by Gasteiger charge is -2.37. The van der Waals surface area contributed by atoms with Crippen molar-refractivity contribution in [3.8, 4) is 0 Å². The second kappa shape index (κ2) is 4.55. The van der Waals surface area contributed by atoms with Crippen molar-refractivity contribution in [2.75, 3.05) is 19.6 Å². The second-order valence-corrected chi connectivity index (χ2v) is 4.22. The molecule has 1 aliphatic heterocycles. The fourth-order valence-corrected chi connectivity index (χ4v) is 1.82. The van der Waals surface area contributed by atoms with Gasteiger partial charge < -0.3 is 5.32 Å². The van der Waals surface area contributed by atoms with E-state index in [1.54, 1.807) is 6.92 Å². The Kier molecular flexibility index (Phi) is 3.63. The SMILES string of the molecule is CC(=O)CN1CC(=O)NCC1C(C)C. The van der Waals surface area contributed by atoms with E-state index in [2.05, 4.69) is 19.2 Å². The Labute approximate surface area is 84.7 Å². The minimum absolute atomic E-state index is 0.0168. The number of hydrogen-bond acceptors (Lipinski definition) is 3. The van der Waals surface area contributed by atoms with Crippen molar-refractivity contribution in [2.24, 2.45) is 5.92 Å². The maximum atomic E-state index is 11.2. The monoisotopic (exact) mass is 198 g/mol. The first-order valence-electron chi connectivity index (χ1n) is 5.01. The van der Waals surface area contributed by atoms with Gasteiger partial charge in [0.25, 0.3) is 0 Å². The lowest BCUT2D eigenvalue weighted by molar-refractivity contribution is -0.128. The number of Topliss-reactive ketones (excluding diaryl/α,β-unsaturated/α-hetero) is 1. The van der Waals surface area contributed by atoms with E-state index < -0.39 is 0 Å². The molecular weight excluding hydrogens is 180 g/mol. The van der Waals surface area contributed by atoms with Gasteiger partial charge in [-0.1, -0.05) is 13.8 Å². The summed E-state index contributed by atoms with van der Waals surface area (Å²) in [4.78, 5) is 24.1. The summed E-state index contributed by atoms with van der Waals surface area (Å²) in [7, 11) is 0. The molecule has 80 valence electrons. The first-order valence-corrected chi connectivity index (χ1v) is 5.01. The molecule has 1 atom stereocenters. The van der Waals surface area contributed by atoms with Crippen molar-refractivity contribution < 1.29 is 9.59 Å². The Morgan fingerprint density at radius 3 is 2.79 bits per heavy atom. The summed E-state index contributed by atoms with van der Waals surface area (Å²) in [6.45, 7) is 7.16. The molecule has 4 heteroatoms. The Hall–Kier alpha value is -0.900. The van der Waals surface area contributed by atoms with Crippen molar-refractivity contribution in [1.29, 1.82) is 0 Å². The van der Waals surface area contributed by atoms with E-state index in [0.29, 0.717) is 25.6 Å². The zero-order valence-corrected chi connectivity index (χ0v) is 9.04. The van der Waals surface area contributed by atoms with Gasteiger partial charge in [-0.15, -0.1) is 0 Å². The van der Waals surface area contributed by atoms with Crippen LogP contribution >= 0.6 is 0 Å². The van der Waals surface area contributed by atoms with Gasteiger partial charge in [0.15, 0.2) is 0 Å². The van der Waals surface area contributed by atoms with Crippen molar-refractivity contribution in [1.82, 2.24) is 10.2 Å². The number of nitrogens with zero attached hydrogens (tertiary/aromatic N) is 1. The molecule has 0 aromatic carbocycles. The van der Waals surface area contributed by atoms with Crippen LogP contribution in [0, 0.1) is 5.92 Å². The van der Waals surface area contributed by atoms with E-state index >= 15 is 0 Å². The first-order chi connectivity index (χ1) is 6.50. The van der Waals surface area contributed by atoms with Crippen LogP contribution in [0.4, 0.5) is 0 Å². The molecule has 1 saturated heterocycles. The van der Waals surface area contributed by atoms with Crippen LogP contribution in [0.3, 0.4) is 0 Å². The van der Waals surface area contributed by atoms with Crippen molar-refractivity contribution in [3.05, 3.63) is 0 Å². The molecule has 4 nitrogen and oxygen atoms in total. The average molecular weight is 198 g/mol. The zero-order valence-electron chi connectivity index (χ0n) is 9.04. The molecule has 1 heterocycles. The molecule has 0 aliphatic carbocycles. The molecule has 0 aromatic heterocycles. The van der Waals surface area contributed by atoms with Gasteiger partial charge in [-0.05, 0) is 12.8 Å². The quantitative estimate of drug-likeness (QED) is 0.696. The van der Waals surface area contributed by atoms with Gasteiger partial charge in [-0.3, -0.25) is 14.5 Å². The maximum absolute atomic E-state index is 11.2. The fourth-order valence-electron chi connectivity index (χ4n) is 1.82. The Morgan fingerprint density at radius 1 is 1.64 bits per heavy atom. The molecule has 14 heavy (non-hydrogen) atoms. The third-order valence-corrected chi connectivity index (χ3v) is 2.52. The highest BCUT2D eigenvalue weighted by Crippen LogP contribution is 2.12. The van der Waals surface area contributed by atoms with Gasteiger partial charge in [-0.2, -0.15) is 0 Å². The molecule has 1 unspecified atom stereocenters. The Bertz CT molecular complexity index is 236. The second-order valence-electron chi connectivity index (χ2n) is 4.22. The van der Waals surface area contributed by atoms with Crippen LogP contribution in [-0.4, -0.2) is 42.3 Å². The zero-order chi connectivity index (χ0) is 10.7. The highest BCUT2D eigenvalue weighted by atomic mass is 16.2. The van der Waals surface area contributed by atoms with Crippen molar-refractivity contribution in [2.45, 2.75) is 26.8 Å². The van der Waals surface area contributed by atoms with E-state index in [1.807, 2.05) is 4.90 Å². The summed E-state index contributed by atoms with van der Waals surface area (Å²) >= 11 is 0. The Morgan fingerprint density at radius 2 is 2.29 bits per heavy atom. The molecule has 0 spiro atoms. The summed E-state index contributed by atoms with van der Waals surface area (Å²) in [5.41, 5.74) is 0. The number of hydrogen-bond donors (Lipinski definition) is 1. The summed E-state index contributed by atoms with van der Waals surface area (Å²) in [5, 5.41) is 2.82. The van der Waals surface area contributed by atoms with Crippen LogP contribution in [0.1, 0.15) is 20.8 Å². The van der Waals surface area contributed by atoms with E-state index in [1.165, 1.54) is 0 Å². The molecule has 0 radical (unpaired) electrons.